The predicted molar refractivity (Wildman–Crippen MR) is 97.7 cm³/mol. The highest BCUT2D eigenvalue weighted by Gasteiger charge is 2.31. The van der Waals surface area contributed by atoms with Crippen LogP contribution in [0.4, 0.5) is 13.2 Å². The van der Waals surface area contributed by atoms with E-state index in [2.05, 4.69) is 10.3 Å². The molecule has 29 heavy (non-hydrogen) atoms. The maximum atomic E-state index is 12.6. The fraction of sp³-hybridized carbons (Fsp3) is 0.556. The molecular formula is C18H21F3N4O4. The van der Waals surface area contributed by atoms with E-state index >= 15 is 0 Å². The molecule has 158 valence electrons. The summed E-state index contributed by atoms with van der Waals surface area (Å²) in [6, 6.07) is 1.02. The first-order valence-corrected chi connectivity index (χ1v) is 9.12. The van der Waals surface area contributed by atoms with E-state index in [9.17, 15) is 27.6 Å². The minimum Gasteiger partial charge on any atom is -0.369 e. The maximum Gasteiger partial charge on any atom is 0.411 e. The standard InChI is InChI=1S/C18H21F3N4O4/c1-24-14-13(16(27)25(2)17(24)28)6-10(8-22-14)15(26)23-11-4-3-5-12(7-11)29-9-18(19,20)21/h6,8,11-12H,3-5,7,9H2,1-2H3,(H,23,26). The van der Waals surface area contributed by atoms with Gasteiger partial charge in [0, 0.05) is 26.3 Å². The maximum absolute atomic E-state index is 12.6. The average molecular weight is 414 g/mol. The van der Waals surface area contributed by atoms with Gasteiger partial charge in [-0.25, -0.2) is 9.78 Å². The molecule has 1 saturated carbocycles. The number of hydrogen-bond donors (Lipinski definition) is 1. The topological polar surface area (TPSA) is 95.2 Å². The van der Waals surface area contributed by atoms with Gasteiger partial charge in [-0.3, -0.25) is 18.7 Å². The lowest BCUT2D eigenvalue weighted by Crippen LogP contribution is -2.41. The Hall–Kier alpha value is -2.69. The van der Waals surface area contributed by atoms with E-state index in [4.69, 9.17) is 4.74 Å². The number of aryl methyl sites for hydroxylation is 1. The fourth-order valence-corrected chi connectivity index (χ4v) is 3.50. The molecule has 1 fully saturated rings. The second kappa shape index (κ2) is 7.97. The van der Waals surface area contributed by atoms with Gasteiger partial charge in [-0.15, -0.1) is 0 Å². The molecule has 0 spiro atoms. The Morgan fingerprint density at radius 2 is 2.00 bits per heavy atom. The van der Waals surface area contributed by atoms with Gasteiger partial charge in [-0.05, 0) is 31.7 Å². The third kappa shape index (κ3) is 4.66. The first kappa shape index (κ1) is 21.0. The summed E-state index contributed by atoms with van der Waals surface area (Å²) in [5.41, 5.74) is -0.803. The number of carbonyl (C=O) groups excluding carboxylic acids is 1. The van der Waals surface area contributed by atoms with E-state index in [0.29, 0.717) is 19.3 Å². The van der Waals surface area contributed by atoms with Gasteiger partial charge in [0.15, 0.2) is 0 Å². The van der Waals surface area contributed by atoms with Crippen LogP contribution in [0.5, 0.6) is 0 Å². The molecule has 1 aliphatic rings. The summed E-state index contributed by atoms with van der Waals surface area (Å²) in [5.74, 6) is -0.489. The molecule has 1 N–H and O–H groups in total. The van der Waals surface area contributed by atoms with E-state index in [1.807, 2.05) is 0 Å². The molecule has 2 aromatic heterocycles. The summed E-state index contributed by atoms with van der Waals surface area (Å²) < 4.78 is 44.0. The van der Waals surface area contributed by atoms with Crippen LogP contribution < -0.4 is 16.6 Å². The molecule has 0 aromatic carbocycles. The zero-order valence-corrected chi connectivity index (χ0v) is 16.0. The quantitative estimate of drug-likeness (QED) is 0.813. The number of aromatic nitrogens is 3. The Morgan fingerprint density at radius 1 is 1.28 bits per heavy atom. The lowest BCUT2D eigenvalue weighted by molar-refractivity contribution is -0.188. The van der Waals surface area contributed by atoms with E-state index in [1.165, 1.54) is 30.9 Å². The summed E-state index contributed by atoms with van der Waals surface area (Å²) in [4.78, 5) is 40.9. The number of carbonyl (C=O) groups is 1. The summed E-state index contributed by atoms with van der Waals surface area (Å²) in [7, 11) is 2.81. The van der Waals surface area contributed by atoms with Crippen molar-refractivity contribution in [3.05, 3.63) is 38.7 Å². The number of alkyl halides is 3. The van der Waals surface area contributed by atoms with Crippen LogP contribution in [-0.4, -0.2) is 45.0 Å². The van der Waals surface area contributed by atoms with Crippen molar-refractivity contribution in [3.8, 4) is 0 Å². The molecule has 2 unspecified atom stereocenters. The van der Waals surface area contributed by atoms with Crippen molar-refractivity contribution >= 4 is 16.9 Å². The van der Waals surface area contributed by atoms with Gasteiger partial charge in [0.2, 0.25) is 0 Å². The molecule has 11 heteroatoms. The second-order valence-corrected chi connectivity index (χ2v) is 7.19. The molecule has 0 aliphatic heterocycles. The first-order chi connectivity index (χ1) is 13.6. The number of halogens is 3. The lowest BCUT2D eigenvalue weighted by atomic mass is 9.92. The molecular weight excluding hydrogens is 393 g/mol. The van der Waals surface area contributed by atoms with Gasteiger partial charge in [-0.1, -0.05) is 0 Å². The highest BCUT2D eigenvalue weighted by Crippen LogP contribution is 2.24. The highest BCUT2D eigenvalue weighted by atomic mass is 19.4. The normalized spacial score (nSPS) is 20.0. The monoisotopic (exact) mass is 414 g/mol. The lowest BCUT2D eigenvalue weighted by Gasteiger charge is -2.30. The van der Waals surface area contributed by atoms with Crippen molar-refractivity contribution in [1.82, 2.24) is 19.4 Å². The number of ether oxygens (including phenoxy) is 1. The summed E-state index contributed by atoms with van der Waals surface area (Å²) in [5, 5.41) is 2.89. The zero-order chi connectivity index (χ0) is 21.3. The van der Waals surface area contributed by atoms with E-state index in [0.717, 1.165) is 4.57 Å². The van der Waals surface area contributed by atoms with Crippen molar-refractivity contribution < 1.29 is 22.7 Å². The third-order valence-corrected chi connectivity index (χ3v) is 5.00. The minimum atomic E-state index is -4.39. The third-order valence-electron chi connectivity index (χ3n) is 5.00. The molecule has 2 aromatic rings. The van der Waals surface area contributed by atoms with Gasteiger partial charge in [0.25, 0.3) is 11.5 Å². The summed E-state index contributed by atoms with van der Waals surface area (Å²) in [6.45, 7) is -1.31. The number of nitrogens with one attached hydrogen (secondary N) is 1. The molecule has 0 bridgehead atoms. The van der Waals surface area contributed by atoms with Crippen LogP contribution in [-0.2, 0) is 18.8 Å². The molecule has 8 nitrogen and oxygen atoms in total. The van der Waals surface area contributed by atoms with Gasteiger partial charge in [0.1, 0.15) is 12.3 Å². The van der Waals surface area contributed by atoms with Gasteiger partial charge < -0.3 is 10.1 Å². The van der Waals surface area contributed by atoms with Gasteiger partial charge in [-0.2, -0.15) is 13.2 Å². The highest BCUT2D eigenvalue weighted by molar-refractivity contribution is 5.96. The number of nitrogens with zero attached hydrogens (tertiary/aromatic N) is 3. The van der Waals surface area contributed by atoms with Crippen LogP contribution in [0.1, 0.15) is 36.0 Å². The smallest absolute Gasteiger partial charge is 0.369 e. The van der Waals surface area contributed by atoms with Crippen LogP contribution in [0.2, 0.25) is 0 Å². The number of fused-ring (bicyclic) bond motifs is 1. The SMILES string of the molecule is Cn1c(=O)c2cc(C(=O)NC3CCCC(OCC(F)(F)F)C3)cnc2n(C)c1=O. The molecule has 0 saturated heterocycles. The molecule has 3 rings (SSSR count). The van der Waals surface area contributed by atoms with Crippen LogP contribution in [0.15, 0.2) is 21.9 Å². The molecule has 2 heterocycles. The average Bonchev–Trinajstić information content (AvgIpc) is 2.68. The Balaban J connectivity index is 1.74. The Morgan fingerprint density at radius 3 is 2.69 bits per heavy atom. The van der Waals surface area contributed by atoms with E-state index < -0.39 is 36.0 Å². The second-order valence-electron chi connectivity index (χ2n) is 7.19. The van der Waals surface area contributed by atoms with Crippen molar-refractivity contribution in [2.24, 2.45) is 14.1 Å². The number of hydrogen-bond acceptors (Lipinski definition) is 5. The number of amides is 1. The Labute approximate surface area is 163 Å². The van der Waals surface area contributed by atoms with Crippen LogP contribution in [0, 0.1) is 0 Å². The first-order valence-electron chi connectivity index (χ1n) is 9.12. The van der Waals surface area contributed by atoms with E-state index in [-0.39, 0.29) is 29.1 Å². The van der Waals surface area contributed by atoms with Gasteiger partial charge in [0.05, 0.1) is 17.1 Å². The zero-order valence-electron chi connectivity index (χ0n) is 16.0. The Bertz CT molecular complexity index is 1040. The van der Waals surface area contributed by atoms with Crippen molar-refractivity contribution in [2.45, 2.75) is 44.0 Å². The Kier molecular flexibility index (Phi) is 5.78. The molecule has 1 aliphatic carbocycles. The van der Waals surface area contributed by atoms with Crippen molar-refractivity contribution in [3.63, 3.8) is 0 Å². The molecule has 0 radical (unpaired) electrons. The van der Waals surface area contributed by atoms with Crippen LogP contribution in [0.3, 0.4) is 0 Å². The summed E-state index contributed by atoms with van der Waals surface area (Å²) >= 11 is 0. The molecule has 1 amide bonds. The largest absolute Gasteiger partial charge is 0.411 e. The van der Waals surface area contributed by atoms with Crippen molar-refractivity contribution in [2.75, 3.05) is 6.61 Å². The van der Waals surface area contributed by atoms with Crippen LogP contribution in [0.25, 0.3) is 11.0 Å². The van der Waals surface area contributed by atoms with E-state index in [1.54, 1.807) is 0 Å². The predicted octanol–water partition coefficient (Wildman–Crippen LogP) is 1.25. The van der Waals surface area contributed by atoms with Gasteiger partial charge >= 0.3 is 11.9 Å². The number of pyridine rings is 1. The minimum absolute atomic E-state index is 0.122. The van der Waals surface area contributed by atoms with Crippen LogP contribution >= 0.6 is 0 Å². The fourth-order valence-electron chi connectivity index (χ4n) is 3.50. The van der Waals surface area contributed by atoms with Crippen molar-refractivity contribution in [1.29, 1.82) is 0 Å². The summed E-state index contributed by atoms with van der Waals surface area (Å²) in [6.07, 6.45) is -1.67. The molecule has 2 atom stereocenters. The number of rotatable bonds is 4.